The fraction of sp³-hybridized carbons (Fsp3) is 0.308. The van der Waals surface area contributed by atoms with E-state index in [0.29, 0.717) is 0 Å². The van der Waals surface area contributed by atoms with Gasteiger partial charge in [-0.25, -0.2) is 4.39 Å². The maximum Gasteiger partial charge on any atom is 0.254 e. The summed E-state index contributed by atoms with van der Waals surface area (Å²) in [6.07, 6.45) is 0.0607. The molecule has 0 spiro atoms. The second kappa shape index (κ2) is 6.50. The van der Waals surface area contributed by atoms with Gasteiger partial charge < -0.3 is 11.1 Å². The van der Waals surface area contributed by atoms with Crippen LogP contribution < -0.4 is 11.1 Å². The summed E-state index contributed by atoms with van der Waals surface area (Å²) in [5.41, 5.74) is 5.01. The molecule has 1 aromatic carbocycles. The minimum Gasteiger partial charge on any atom is -0.368 e. The molecule has 0 aromatic heterocycles. The van der Waals surface area contributed by atoms with E-state index in [0.717, 1.165) is 6.07 Å². The minimum absolute atomic E-state index is 0.0607. The topological polar surface area (TPSA) is 96.0 Å². The van der Waals surface area contributed by atoms with Crippen LogP contribution in [0.1, 0.15) is 23.7 Å². The molecule has 100 valence electrons. The second-order valence-electron chi connectivity index (χ2n) is 4.17. The summed E-state index contributed by atoms with van der Waals surface area (Å²) >= 11 is 0. The molecular formula is C13H14FN3O2. The maximum absolute atomic E-state index is 13.4. The molecule has 2 atom stereocenters. The molecule has 2 amide bonds. The molecule has 0 fully saturated rings. The summed E-state index contributed by atoms with van der Waals surface area (Å²) in [6.45, 7) is 1.61. The Morgan fingerprint density at radius 3 is 2.63 bits per heavy atom. The van der Waals surface area contributed by atoms with Gasteiger partial charge in [-0.05, 0) is 18.1 Å². The van der Waals surface area contributed by atoms with Gasteiger partial charge in [0, 0.05) is 6.42 Å². The molecule has 0 unspecified atom stereocenters. The standard InChI is InChI=1S/C13H14FN3O2/c1-8(6-7-15)11(12(16)18)17-13(19)9-4-2-3-5-10(9)14/h2-5,8,11H,6H2,1H3,(H2,16,18)(H,17,19)/t8-,11+/m0/s1. The maximum atomic E-state index is 13.4. The van der Waals surface area contributed by atoms with E-state index in [1.165, 1.54) is 18.2 Å². The van der Waals surface area contributed by atoms with Crippen molar-refractivity contribution >= 4 is 11.8 Å². The van der Waals surface area contributed by atoms with E-state index in [2.05, 4.69) is 5.32 Å². The SMILES string of the molecule is C[C@@H](CC#N)[C@@H](NC(=O)c1ccccc1F)C(N)=O. The summed E-state index contributed by atoms with van der Waals surface area (Å²) in [6, 6.07) is 6.30. The molecule has 0 saturated heterocycles. The van der Waals surface area contributed by atoms with Gasteiger partial charge in [0.15, 0.2) is 0 Å². The molecule has 0 heterocycles. The summed E-state index contributed by atoms with van der Waals surface area (Å²) in [5.74, 6) is -2.62. The number of amides is 2. The van der Waals surface area contributed by atoms with Gasteiger partial charge >= 0.3 is 0 Å². The van der Waals surface area contributed by atoms with Crippen molar-refractivity contribution in [3.8, 4) is 6.07 Å². The number of hydrogen-bond acceptors (Lipinski definition) is 3. The number of hydrogen-bond donors (Lipinski definition) is 2. The van der Waals surface area contributed by atoms with E-state index in [4.69, 9.17) is 11.0 Å². The van der Waals surface area contributed by atoms with Crippen molar-refractivity contribution in [1.82, 2.24) is 5.32 Å². The zero-order valence-corrected chi connectivity index (χ0v) is 10.4. The van der Waals surface area contributed by atoms with Crippen LogP contribution in [0.15, 0.2) is 24.3 Å². The monoisotopic (exact) mass is 263 g/mol. The lowest BCUT2D eigenvalue weighted by molar-refractivity contribution is -0.120. The molecule has 0 radical (unpaired) electrons. The smallest absolute Gasteiger partial charge is 0.254 e. The van der Waals surface area contributed by atoms with Gasteiger partial charge in [0.1, 0.15) is 11.9 Å². The van der Waals surface area contributed by atoms with Crippen molar-refractivity contribution in [2.75, 3.05) is 0 Å². The molecule has 0 aliphatic rings. The number of halogens is 1. The van der Waals surface area contributed by atoms with Gasteiger partial charge in [-0.2, -0.15) is 5.26 Å². The molecule has 19 heavy (non-hydrogen) atoms. The van der Waals surface area contributed by atoms with E-state index >= 15 is 0 Å². The summed E-state index contributed by atoms with van der Waals surface area (Å²) in [7, 11) is 0. The fourth-order valence-electron chi connectivity index (χ4n) is 1.62. The van der Waals surface area contributed by atoms with Crippen molar-refractivity contribution in [2.45, 2.75) is 19.4 Å². The van der Waals surface area contributed by atoms with Gasteiger partial charge in [0.25, 0.3) is 5.91 Å². The Morgan fingerprint density at radius 2 is 2.11 bits per heavy atom. The van der Waals surface area contributed by atoms with Crippen molar-refractivity contribution in [3.05, 3.63) is 35.6 Å². The molecule has 1 aromatic rings. The molecular weight excluding hydrogens is 249 g/mol. The van der Waals surface area contributed by atoms with Crippen LogP contribution in [0.2, 0.25) is 0 Å². The van der Waals surface area contributed by atoms with Crippen molar-refractivity contribution < 1.29 is 14.0 Å². The first kappa shape index (κ1) is 14.6. The molecule has 5 nitrogen and oxygen atoms in total. The molecule has 1 rings (SSSR count). The first-order valence-corrected chi connectivity index (χ1v) is 5.69. The number of rotatable bonds is 5. The summed E-state index contributed by atoms with van der Waals surface area (Å²) in [4.78, 5) is 23.1. The fourth-order valence-corrected chi connectivity index (χ4v) is 1.62. The van der Waals surface area contributed by atoms with E-state index < -0.39 is 29.6 Å². The first-order valence-electron chi connectivity index (χ1n) is 5.69. The quantitative estimate of drug-likeness (QED) is 0.828. The number of carbonyl (C=O) groups is 2. The van der Waals surface area contributed by atoms with Crippen LogP contribution >= 0.6 is 0 Å². The van der Waals surface area contributed by atoms with Crippen molar-refractivity contribution in [1.29, 1.82) is 5.26 Å². The largest absolute Gasteiger partial charge is 0.368 e. The number of nitriles is 1. The van der Waals surface area contributed by atoms with E-state index in [1.807, 2.05) is 6.07 Å². The Kier molecular flexibility index (Phi) is 5.01. The lowest BCUT2D eigenvalue weighted by atomic mass is 9.98. The third-order valence-electron chi connectivity index (χ3n) is 2.69. The van der Waals surface area contributed by atoms with E-state index in [-0.39, 0.29) is 12.0 Å². The number of primary amides is 1. The lowest BCUT2D eigenvalue weighted by Gasteiger charge is -2.20. The molecule has 0 aliphatic heterocycles. The van der Waals surface area contributed by atoms with Crippen molar-refractivity contribution in [3.63, 3.8) is 0 Å². The average Bonchev–Trinajstić information content (AvgIpc) is 2.36. The highest BCUT2D eigenvalue weighted by Gasteiger charge is 2.25. The van der Waals surface area contributed by atoms with Gasteiger partial charge in [0.05, 0.1) is 11.6 Å². The zero-order valence-electron chi connectivity index (χ0n) is 10.4. The van der Waals surface area contributed by atoms with Gasteiger partial charge in [0.2, 0.25) is 5.91 Å². The van der Waals surface area contributed by atoms with Crippen LogP contribution in [0.5, 0.6) is 0 Å². The highest BCUT2D eigenvalue weighted by molar-refractivity contribution is 5.97. The van der Waals surface area contributed by atoms with Crippen molar-refractivity contribution in [2.24, 2.45) is 11.7 Å². The normalized spacial score (nSPS) is 13.1. The minimum atomic E-state index is -1.01. The van der Waals surface area contributed by atoms with E-state index in [1.54, 1.807) is 6.92 Å². The van der Waals surface area contributed by atoms with Crippen LogP contribution in [0, 0.1) is 23.1 Å². The highest BCUT2D eigenvalue weighted by atomic mass is 19.1. The van der Waals surface area contributed by atoms with Crippen LogP contribution in [0.4, 0.5) is 4.39 Å². The summed E-state index contributed by atoms with van der Waals surface area (Å²) < 4.78 is 13.4. The zero-order chi connectivity index (χ0) is 14.4. The Bertz CT molecular complexity index is 525. The highest BCUT2D eigenvalue weighted by Crippen LogP contribution is 2.10. The first-order chi connectivity index (χ1) is 8.97. The van der Waals surface area contributed by atoms with Crippen LogP contribution in [-0.4, -0.2) is 17.9 Å². The predicted molar refractivity (Wildman–Crippen MR) is 66.2 cm³/mol. The van der Waals surface area contributed by atoms with Gasteiger partial charge in [-0.3, -0.25) is 9.59 Å². The van der Waals surface area contributed by atoms with Gasteiger partial charge in [-0.1, -0.05) is 19.1 Å². The molecule has 6 heteroatoms. The van der Waals surface area contributed by atoms with Crippen LogP contribution in [-0.2, 0) is 4.79 Å². The van der Waals surface area contributed by atoms with Gasteiger partial charge in [-0.15, -0.1) is 0 Å². The molecule has 0 saturated carbocycles. The Morgan fingerprint density at radius 1 is 1.47 bits per heavy atom. The number of carbonyl (C=O) groups excluding carboxylic acids is 2. The third-order valence-corrected chi connectivity index (χ3v) is 2.69. The Hall–Kier alpha value is -2.42. The Labute approximate surface area is 110 Å². The third kappa shape index (κ3) is 3.78. The predicted octanol–water partition coefficient (Wildman–Crippen LogP) is 0.959. The number of nitrogens with two attached hydrogens (primary N) is 1. The van der Waals surface area contributed by atoms with Crippen LogP contribution in [0.3, 0.4) is 0 Å². The van der Waals surface area contributed by atoms with Crippen LogP contribution in [0.25, 0.3) is 0 Å². The molecule has 0 bridgehead atoms. The second-order valence-corrected chi connectivity index (χ2v) is 4.17. The summed E-state index contributed by atoms with van der Waals surface area (Å²) in [5, 5.41) is 10.9. The number of nitrogens with zero attached hydrogens (tertiary/aromatic N) is 1. The lowest BCUT2D eigenvalue weighted by Crippen LogP contribution is -2.48. The Balaban J connectivity index is 2.87. The number of benzene rings is 1. The van der Waals surface area contributed by atoms with E-state index in [9.17, 15) is 14.0 Å². The molecule has 0 aliphatic carbocycles. The average molecular weight is 263 g/mol. The number of nitrogens with one attached hydrogen (secondary N) is 1. The molecule has 3 N–H and O–H groups in total.